The average molecular weight is 560 g/mol. The number of para-hydroxylation sites is 2. The van der Waals surface area contributed by atoms with Crippen molar-refractivity contribution in [2.75, 3.05) is 14.2 Å². The molecule has 2 heterocycles. The zero-order valence-electron chi connectivity index (χ0n) is 24.0. The van der Waals surface area contributed by atoms with E-state index in [4.69, 9.17) is 14.2 Å². The van der Waals surface area contributed by atoms with Crippen LogP contribution in [-0.4, -0.2) is 18.8 Å². The van der Waals surface area contributed by atoms with Gasteiger partial charge in [0.1, 0.15) is 17.2 Å². The molecule has 208 valence electrons. The van der Waals surface area contributed by atoms with Gasteiger partial charge < -0.3 is 18.8 Å². The third-order valence-corrected chi connectivity index (χ3v) is 8.62. The topological polar surface area (TPSA) is 32.6 Å². The quantitative estimate of drug-likeness (QED) is 0.211. The Morgan fingerprint density at radius 1 is 0.581 bits per heavy atom. The molecule has 0 saturated heterocycles. The molecule has 4 heteroatoms. The van der Waals surface area contributed by atoms with E-state index in [0.717, 1.165) is 61.4 Å². The lowest BCUT2D eigenvalue weighted by Crippen LogP contribution is -2.34. The number of rotatable bonds is 5. The molecule has 0 saturated carbocycles. The first-order valence-electron chi connectivity index (χ1n) is 14.4. The summed E-state index contributed by atoms with van der Waals surface area (Å²) >= 11 is 0. The minimum atomic E-state index is -0.869. The smallest absolute Gasteiger partial charge is 0.178 e. The maximum atomic E-state index is 7.37. The fourth-order valence-corrected chi connectivity index (χ4v) is 6.58. The zero-order chi connectivity index (χ0) is 29.0. The number of aromatic nitrogens is 1. The minimum absolute atomic E-state index is 0.799. The van der Waals surface area contributed by atoms with Crippen LogP contribution in [0.5, 0.6) is 17.2 Å². The lowest BCUT2D eigenvalue weighted by molar-refractivity contribution is 0.163. The van der Waals surface area contributed by atoms with Gasteiger partial charge in [-0.3, -0.25) is 0 Å². The number of nitrogens with zero attached hydrogens (tertiary/aromatic N) is 1. The largest absolute Gasteiger partial charge is 0.497 e. The summed E-state index contributed by atoms with van der Waals surface area (Å²) < 4.78 is 20.7. The molecule has 0 spiro atoms. The number of benzene rings is 6. The number of ether oxygens (including phenoxy) is 3. The fraction of sp³-hybridized carbons (Fsp3) is 0.0769. The standard InChI is InChI=1S/C39H29NO3/c1-41-29-20-16-26(17-21-29)39(27-18-22-30(42-2)23-19-27)25-24-34-37-36(31-12-6-7-13-32(31)38(34)43-39)33-14-8-9-15-35(33)40(37)28-10-4-3-5-11-28/h3-25H,1-2H3. The first-order valence-corrected chi connectivity index (χ1v) is 14.4. The highest BCUT2D eigenvalue weighted by Crippen LogP contribution is 2.50. The highest BCUT2D eigenvalue weighted by molar-refractivity contribution is 6.25. The van der Waals surface area contributed by atoms with Crippen LogP contribution in [0.1, 0.15) is 16.7 Å². The molecule has 0 radical (unpaired) electrons. The second-order valence-corrected chi connectivity index (χ2v) is 10.8. The van der Waals surface area contributed by atoms with Crippen molar-refractivity contribution in [1.82, 2.24) is 4.57 Å². The van der Waals surface area contributed by atoms with Gasteiger partial charge in [-0.15, -0.1) is 0 Å². The third-order valence-electron chi connectivity index (χ3n) is 8.62. The normalized spacial score (nSPS) is 13.6. The van der Waals surface area contributed by atoms with E-state index >= 15 is 0 Å². The predicted octanol–water partition coefficient (Wildman–Crippen LogP) is 9.30. The summed E-state index contributed by atoms with van der Waals surface area (Å²) in [5.74, 6) is 2.46. The molecule has 0 bridgehead atoms. The Bertz CT molecular complexity index is 2110. The molecule has 0 fully saturated rings. The van der Waals surface area contributed by atoms with E-state index in [1.165, 1.54) is 10.8 Å². The lowest BCUT2D eigenvalue weighted by Gasteiger charge is -2.37. The summed E-state index contributed by atoms with van der Waals surface area (Å²) in [4.78, 5) is 0. The molecular formula is C39H29NO3. The van der Waals surface area contributed by atoms with E-state index in [1.54, 1.807) is 14.2 Å². The van der Waals surface area contributed by atoms with Gasteiger partial charge >= 0.3 is 0 Å². The van der Waals surface area contributed by atoms with E-state index in [-0.39, 0.29) is 0 Å². The summed E-state index contributed by atoms with van der Waals surface area (Å²) in [5, 5.41) is 4.69. The van der Waals surface area contributed by atoms with E-state index in [1.807, 2.05) is 24.3 Å². The van der Waals surface area contributed by atoms with Gasteiger partial charge in [-0.25, -0.2) is 0 Å². The van der Waals surface area contributed by atoms with Gasteiger partial charge in [0, 0.05) is 38.5 Å². The van der Waals surface area contributed by atoms with Crippen molar-refractivity contribution in [3.8, 4) is 22.9 Å². The number of hydrogen-bond acceptors (Lipinski definition) is 3. The summed E-state index contributed by atoms with van der Waals surface area (Å²) in [5.41, 5.74) is 5.62. The van der Waals surface area contributed by atoms with Crippen molar-refractivity contribution < 1.29 is 14.2 Å². The van der Waals surface area contributed by atoms with Crippen molar-refractivity contribution in [3.05, 3.63) is 150 Å². The van der Waals surface area contributed by atoms with Crippen molar-refractivity contribution >= 4 is 38.7 Å². The monoisotopic (exact) mass is 559 g/mol. The molecule has 1 aliphatic heterocycles. The van der Waals surface area contributed by atoms with Crippen LogP contribution in [-0.2, 0) is 5.60 Å². The van der Waals surface area contributed by atoms with Gasteiger partial charge in [0.15, 0.2) is 5.60 Å². The predicted molar refractivity (Wildman–Crippen MR) is 175 cm³/mol. The molecule has 7 aromatic rings. The van der Waals surface area contributed by atoms with E-state index in [2.05, 4.69) is 120 Å². The molecule has 0 N–H and O–H groups in total. The number of fused-ring (bicyclic) bond motifs is 8. The Morgan fingerprint density at radius 2 is 1.14 bits per heavy atom. The van der Waals surface area contributed by atoms with Crippen LogP contribution in [0.2, 0.25) is 0 Å². The SMILES string of the molecule is COc1ccc(C2(c3ccc(OC)cc3)C=Cc3c(c4ccccc4c4c5ccccc5n(-c5ccccc5)c34)O2)cc1. The molecule has 0 unspecified atom stereocenters. The van der Waals surface area contributed by atoms with E-state index < -0.39 is 5.60 Å². The summed E-state index contributed by atoms with van der Waals surface area (Å²) in [6.45, 7) is 0. The van der Waals surface area contributed by atoms with Gasteiger partial charge in [-0.05, 0) is 60.0 Å². The average Bonchev–Trinajstić information content (AvgIpc) is 3.44. The van der Waals surface area contributed by atoms with Crippen LogP contribution in [0.25, 0.3) is 44.3 Å². The van der Waals surface area contributed by atoms with Crippen LogP contribution >= 0.6 is 0 Å². The third kappa shape index (κ3) is 3.76. The Labute approximate surface area is 250 Å². The Balaban J connectivity index is 1.48. The summed E-state index contributed by atoms with van der Waals surface area (Å²) in [7, 11) is 3.37. The molecule has 43 heavy (non-hydrogen) atoms. The van der Waals surface area contributed by atoms with Crippen LogP contribution in [0.4, 0.5) is 0 Å². The first-order chi connectivity index (χ1) is 21.2. The highest BCUT2D eigenvalue weighted by atomic mass is 16.5. The van der Waals surface area contributed by atoms with Gasteiger partial charge in [-0.2, -0.15) is 0 Å². The maximum Gasteiger partial charge on any atom is 0.178 e. The maximum absolute atomic E-state index is 7.37. The Hall–Kier alpha value is -5.48. The second-order valence-electron chi connectivity index (χ2n) is 10.8. The Morgan fingerprint density at radius 3 is 1.77 bits per heavy atom. The van der Waals surface area contributed by atoms with Crippen molar-refractivity contribution in [3.63, 3.8) is 0 Å². The second kappa shape index (κ2) is 9.81. The molecule has 0 amide bonds. The van der Waals surface area contributed by atoms with Crippen LogP contribution in [0.3, 0.4) is 0 Å². The molecule has 8 rings (SSSR count). The molecule has 4 nitrogen and oxygen atoms in total. The molecule has 1 aliphatic rings. The molecule has 1 aromatic heterocycles. The summed E-state index contributed by atoms with van der Waals surface area (Å²) in [6.07, 6.45) is 4.44. The van der Waals surface area contributed by atoms with Gasteiger partial charge in [-0.1, -0.05) is 84.9 Å². The van der Waals surface area contributed by atoms with Crippen molar-refractivity contribution in [2.24, 2.45) is 0 Å². The highest BCUT2D eigenvalue weighted by Gasteiger charge is 2.39. The van der Waals surface area contributed by atoms with Gasteiger partial charge in [0.2, 0.25) is 0 Å². The first kappa shape index (κ1) is 25.2. The number of hydrogen-bond donors (Lipinski definition) is 0. The van der Waals surface area contributed by atoms with Gasteiger partial charge in [0.25, 0.3) is 0 Å². The molecular weight excluding hydrogens is 530 g/mol. The zero-order valence-corrected chi connectivity index (χ0v) is 24.0. The molecule has 0 aliphatic carbocycles. The van der Waals surface area contributed by atoms with Crippen LogP contribution in [0, 0.1) is 0 Å². The molecule has 0 atom stereocenters. The van der Waals surface area contributed by atoms with Crippen LogP contribution in [0.15, 0.2) is 133 Å². The van der Waals surface area contributed by atoms with Crippen LogP contribution < -0.4 is 14.2 Å². The van der Waals surface area contributed by atoms with Crippen molar-refractivity contribution in [1.29, 1.82) is 0 Å². The molecule has 6 aromatic carbocycles. The van der Waals surface area contributed by atoms with Crippen molar-refractivity contribution in [2.45, 2.75) is 5.60 Å². The minimum Gasteiger partial charge on any atom is -0.497 e. The summed E-state index contributed by atoms with van der Waals surface area (Å²) in [6, 6.07) is 44.1. The Kier molecular flexibility index (Phi) is 5.76. The lowest BCUT2D eigenvalue weighted by atomic mass is 9.82. The van der Waals surface area contributed by atoms with E-state index in [9.17, 15) is 0 Å². The number of methoxy groups -OCH3 is 2. The van der Waals surface area contributed by atoms with E-state index in [0.29, 0.717) is 0 Å². The fourth-order valence-electron chi connectivity index (χ4n) is 6.58. The van der Waals surface area contributed by atoms with Gasteiger partial charge in [0.05, 0.1) is 25.3 Å².